The van der Waals surface area contributed by atoms with Gasteiger partial charge in [-0.05, 0) is 49.2 Å². The predicted octanol–water partition coefficient (Wildman–Crippen LogP) is 4.48. The molecule has 2 aromatic carbocycles. The van der Waals surface area contributed by atoms with E-state index in [1.807, 2.05) is 36.2 Å². The van der Waals surface area contributed by atoms with E-state index in [1.165, 1.54) is 6.07 Å². The van der Waals surface area contributed by atoms with Crippen LogP contribution >= 0.6 is 11.6 Å². The van der Waals surface area contributed by atoms with Crippen LogP contribution < -0.4 is 4.90 Å². The zero-order chi connectivity index (χ0) is 15.6. The van der Waals surface area contributed by atoms with Crippen molar-refractivity contribution in [1.29, 1.82) is 0 Å². The number of hydrogen-bond acceptors (Lipinski definition) is 2. The summed E-state index contributed by atoms with van der Waals surface area (Å²) in [5.74, 6) is -0.297. The van der Waals surface area contributed by atoms with Crippen LogP contribution in [0.4, 0.5) is 10.1 Å². The standard InChI is InChI=1S/C17H19ClFNO/c1-11-8-17(15(12(2)21)9-16(11)19)20(3)10-13-4-6-14(18)7-5-13/h4-9,12,21H,10H2,1-3H3/t12-/m0/s1. The first-order valence-electron chi connectivity index (χ1n) is 6.82. The van der Waals surface area contributed by atoms with Gasteiger partial charge in [-0.15, -0.1) is 0 Å². The Morgan fingerprint density at radius 3 is 2.43 bits per heavy atom. The Kier molecular flexibility index (Phi) is 4.86. The van der Waals surface area contributed by atoms with E-state index < -0.39 is 6.10 Å². The fraction of sp³-hybridized carbons (Fsp3) is 0.294. The molecule has 0 saturated carbocycles. The Bertz CT molecular complexity index is 625. The van der Waals surface area contributed by atoms with E-state index >= 15 is 0 Å². The molecule has 0 saturated heterocycles. The molecule has 2 aromatic rings. The average molecular weight is 308 g/mol. The van der Waals surface area contributed by atoms with E-state index in [-0.39, 0.29) is 5.82 Å². The smallest absolute Gasteiger partial charge is 0.126 e. The van der Waals surface area contributed by atoms with Crippen LogP contribution in [0.15, 0.2) is 36.4 Å². The van der Waals surface area contributed by atoms with Crippen LogP contribution in [-0.2, 0) is 6.54 Å². The first-order chi connectivity index (χ1) is 9.88. The summed E-state index contributed by atoms with van der Waals surface area (Å²) in [6, 6.07) is 10.8. The zero-order valence-electron chi connectivity index (χ0n) is 12.4. The first kappa shape index (κ1) is 15.8. The number of hydrogen-bond donors (Lipinski definition) is 1. The van der Waals surface area contributed by atoms with E-state index in [0.717, 1.165) is 11.3 Å². The predicted molar refractivity (Wildman–Crippen MR) is 85.3 cm³/mol. The summed E-state index contributed by atoms with van der Waals surface area (Å²) in [5.41, 5.74) is 3.09. The molecule has 0 amide bonds. The van der Waals surface area contributed by atoms with Crippen molar-refractivity contribution in [1.82, 2.24) is 0 Å². The molecule has 0 aliphatic carbocycles. The van der Waals surface area contributed by atoms with Crippen molar-refractivity contribution in [3.63, 3.8) is 0 Å². The fourth-order valence-electron chi connectivity index (χ4n) is 2.30. The van der Waals surface area contributed by atoms with Crippen molar-refractivity contribution in [2.24, 2.45) is 0 Å². The first-order valence-corrected chi connectivity index (χ1v) is 7.20. The highest BCUT2D eigenvalue weighted by atomic mass is 35.5. The highest BCUT2D eigenvalue weighted by molar-refractivity contribution is 6.30. The Balaban J connectivity index is 2.31. The Morgan fingerprint density at radius 1 is 1.24 bits per heavy atom. The van der Waals surface area contributed by atoms with E-state index in [1.54, 1.807) is 19.9 Å². The number of anilines is 1. The molecule has 21 heavy (non-hydrogen) atoms. The van der Waals surface area contributed by atoms with Crippen LogP contribution in [0.1, 0.15) is 29.7 Å². The van der Waals surface area contributed by atoms with Gasteiger partial charge in [0.25, 0.3) is 0 Å². The van der Waals surface area contributed by atoms with E-state index in [9.17, 15) is 9.50 Å². The van der Waals surface area contributed by atoms with Gasteiger partial charge in [0.05, 0.1) is 6.10 Å². The summed E-state index contributed by atoms with van der Waals surface area (Å²) in [6.45, 7) is 4.02. The highest BCUT2D eigenvalue weighted by Gasteiger charge is 2.15. The Hall–Kier alpha value is -1.58. The quantitative estimate of drug-likeness (QED) is 0.900. The fourth-order valence-corrected chi connectivity index (χ4v) is 2.42. The summed E-state index contributed by atoms with van der Waals surface area (Å²) in [5, 5.41) is 10.6. The molecule has 0 bridgehead atoms. The minimum absolute atomic E-state index is 0.297. The minimum Gasteiger partial charge on any atom is -0.389 e. The van der Waals surface area contributed by atoms with Crippen LogP contribution in [0, 0.1) is 12.7 Å². The summed E-state index contributed by atoms with van der Waals surface area (Å²) in [7, 11) is 1.92. The van der Waals surface area contributed by atoms with Crippen LogP contribution in [0.3, 0.4) is 0 Å². The zero-order valence-corrected chi connectivity index (χ0v) is 13.2. The second-order valence-electron chi connectivity index (χ2n) is 5.32. The highest BCUT2D eigenvalue weighted by Crippen LogP contribution is 2.29. The maximum absolute atomic E-state index is 13.7. The molecule has 0 heterocycles. The van der Waals surface area contributed by atoms with Gasteiger partial charge in [-0.2, -0.15) is 0 Å². The maximum Gasteiger partial charge on any atom is 0.126 e. The van der Waals surface area contributed by atoms with Gasteiger partial charge >= 0.3 is 0 Å². The lowest BCUT2D eigenvalue weighted by molar-refractivity contribution is 0.199. The molecule has 112 valence electrons. The van der Waals surface area contributed by atoms with E-state index in [2.05, 4.69) is 0 Å². The van der Waals surface area contributed by atoms with Crippen LogP contribution in [0.2, 0.25) is 5.02 Å². The molecule has 2 nitrogen and oxygen atoms in total. The molecule has 0 unspecified atom stereocenters. The molecule has 2 rings (SSSR count). The van der Waals surface area contributed by atoms with Gasteiger partial charge in [0.2, 0.25) is 0 Å². The molecule has 1 atom stereocenters. The molecule has 0 aromatic heterocycles. The molecule has 0 aliphatic rings. The number of aryl methyl sites for hydroxylation is 1. The van der Waals surface area contributed by atoms with Crippen LogP contribution in [0.25, 0.3) is 0 Å². The summed E-state index contributed by atoms with van der Waals surface area (Å²) < 4.78 is 13.7. The third-order valence-corrected chi connectivity index (χ3v) is 3.75. The number of nitrogens with zero attached hydrogens (tertiary/aromatic N) is 1. The Labute approximate surface area is 129 Å². The second kappa shape index (κ2) is 6.46. The van der Waals surface area contributed by atoms with Crippen molar-refractivity contribution < 1.29 is 9.50 Å². The van der Waals surface area contributed by atoms with E-state index in [4.69, 9.17) is 11.6 Å². The lowest BCUT2D eigenvalue weighted by Crippen LogP contribution is -2.19. The lowest BCUT2D eigenvalue weighted by Gasteiger charge is -2.24. The summed E-state index contributed by atoms with van der Waals surface area (Å²) >= 11 is 5.88. The third kappa shape index (κ3) is 3.74. The monoisotopic (exact) mass is 307 g/mol. The summed E-state index contributed by atoms with van der Waals surface area (Å²) in [6.07, 6.45) is -0.720. The number of halogens is 2. The number of benzene rings is 2. The number of aliphatic hydroxyl groups excluding tert-OH is 1. The van der Waals surface area contributed by atoms with E-state index in [0.29, 0.717) is 22.7 Å². The van der Waals surface area contributed by atoms with Crippen molar-refractivity contribution >= 4 is 17.3 Å². The van der Waals surface area contributed by atoms with Crippen molar-refractivity contribution in [3.05, 3.63) is 63.9 Å². The topological polar surface area (TPSA) is 23.5 Å². The molecule has 0 radical (unpaired) electrons. The van der Waals surface area contributed by atoms with Gasteiger partial charge in [0.15, 0.2) is 0 Å². The van der Waals surface area contributed by atoms with Crippen LogP contribution in [-0.4, -0.2) is 12.2 Å². The molecule has 0 spiro atoms. The van der Waals surface area contributed by atoms with Crippen molar-refractivity contribution in [2.75, 3.05) is 11.9 Å². The SMILES string of the molecule is Cc1cc(N(C)Cc2ccc(Cl)cc2)c([C@H](C)O)cc1F. The second-order valence-corrected chi connectivity index (χ2v) is 5.76. The van der Waals surface area contributed by atoms with Gasteiger partial charge in [-0.3, -0.25) is 0 Å². The number of aliphatic hydroxyl groups is 1. The maximum atomic E-state index is 13.7. The molecule has 0 fully saturated rings. The Morgan fingerprint density at radius 2 is 1.86 bits per heavy atom. The molecule has 0 aliphatic heterocycles. The average Bonchev–Trinajstić information content (AvgIpc) is 2.43. The van der Waals surface area contributed by atoms with Gasteiger partial charge in [0, 0.05) is 29.9 Å². The molecular formula is C17H19ClFNO. The lowest BCUT2D eigenvalue weighted by atomic mass is 10.0. The van der Waals surface area contributed by atoms with Crippen molar-refractivity contribution in [2.45, 2.75) is 26.5 Å². The summed E-state index contributed by atoms with van der Waals surface area (Å²) in [4.78, 5) is 2.00. The third-order valence-electron chi connectivity index (χ3n) is 3.50. The molecular weight excluding hydrogens is 289 g/mol. The van der Waals surface area contributed by atoms with Crippen LogP contribution in [0.5, 0.6) is 0 Å². The van der Waals surface area contributed by atoms with Gasteiger partial charge in [-0.1, -0.05) is 23.7 Å². The molecule has 4 heteroatoms. The van der Waals surface area contributed by atoms with Crippen molar-refractivity contribution in [3.8, 4) is 0 Å². The van der Waals surface area contributed by atoms with Gasteiger partial charge < -0.3 is 10.0 Å². The number of rotatable bonds is 4. The van der Waals surface area contributed by atoms with Gasteiger partial charge in [-0.25, -0.2) is 4.39 Å². The normalized spacial score (nSPS) is 12.3. The largest absolute Gasteiger partial charge is 0.389 e. The molecule has 1 N–H and O–H groups in total. The minimum atomic E-state index is -0.720. The van der Waals surface area contributed by atoms with Gasteiger partial charge in [0.1, 0.15) is 5.82 Å².